The molecule has 4 rings (SSSR count). The van der Waals surface area contributed by atoms with E-state index >= 15 is 0 Å². The number of hydrogen-bond acceptors (Lipinski definition) is 3. The van der Waals surface area contributed by atoms with E-state index in [1.807, 2.05) is 34.9 Å². The van der Waals surface area contributed by atoms with Crippen molar-refractivity contribution in [1.82, 2.24) is 14.6 Å². The molecule has 0 saturated heterocycles. The molecule has 0 unspecified atom stereocenters. The van der Waals surface area contributed by atoms with Crippen molar-refractivity contribution in [3.05, 3.63) is 64.6 Å². The first-order valence-corrected chi connectivity index (χ1v) is 15.2. The van der Waals surface area contributed by atoms with E-state index in [4.69, 9.17) is 11.6 Å². The number of alkyl halides is 6. The predicted molar refractivity (Wildman–Crippen MR) is 168 cm³/mol. The molecule has 1 aromatic carbocycles. The second-order valence-corrected chi connectivity index (χ2v) is 29.5. The van der Waals surface area contributed by atoms with Crippen LogP contribution >= 0.6 is 147 Å². The first-order chi connectivity index (χ1) is 13.4. The smallest absolute Gasteiger partial charge is 0.167 e. The molecule has 0 spiro atoms. The highest BCUT2D eigenvalue weighted by atomic mass is 127. The molecule has 2 aromatic heterocycles. The number of halogens is 7. The van der Waals surface area contributed by atoms with Gasteiger partial charge in [0, 0.05) is 16.8 Å². The largest absolute Gasteiger partial charge is 0.379 e. The van der Waals surface area contributed by atoms with E-state index in [9.17, 15) is 5.11 Å². The molecule has 3 aromatic rings. The molecule has 1 fully saturated rings. The van der Waals surface area contributed by atoms with E-state index in [1.54, 1.807) is 0 Å². The topological polar surface area (TPSA) is 50.4 Å². The maximum Gasteiger partial charge on any atom is 0.167 e. The zero-order valence-corrected chi connectivity index (χ0v) is 28.1. The third-order valence-corrected chi connectivity index (χ3v) is 10.2. The van der Waals surface area contributed by atoms with E-state index in [0.717, 1.165) is 29.3 Å². The summed E-state index contributed by atoms with van der Waals surface area (Å²) in [7, 11) is 0. The van der Waals surface area contributed by atoms with Crippen LogP contribution in [0.3, 0.4) is 0 Å². The van der Waals surface area contributed by atoms with Crippen LogP contribution in [-0.4, -0.2) is 18.6 Å². The summed E-state index contributed by atoms with van der Waals surface area (Å²) in [5.74, 6) is 0.918. The Morgan fingerprint density at radius 1 is 0.931 bits per heavy atom. The van der Waals surface area contributed by atoms with Crippen LogP contribution in [0.25, 0.3) is 5.65 Å². The second kappa shape index (κ2) is 8.60. The van der Waals surface area contributed by atoms with Gasteiger partial charge < -0.3 is 5.11 Å². The average Bonchev–Trinajstić information content (AvgIpc) is 3.31. The van der Waals surface area contributed by atoms with Crippen LogP contribution in [0.4, 0.5) is 0 Å². The minimum Gasteiger partial charge on any atom is -0.379 e. The highest BCUT2D eigenvalue weighted by molar-refractivity contribution is 14.3. The van der Waals surface area contributed by atoms with Gasteiger partial charge in [-0.05, 0) is 36.6 Å². The Kier molecular flexibility index (Phi) is 7.29. The number of benzene rings is 1. The SMILES string of the molecule is OC(c1cccn2c(C3(c4ccc(Cl)cc4)CC3)nnc12)(C(I)(I)I)C(I)(I)I. The summed E-state index contributed by atoms with van der Waals surface area (Å²) in [5, 5.41) is 21.9. The van der Waals surface area contributed by atoms with Crippen LogP contribution in [0.2, 0.25) is 5.02 Å². The van der Waals surface area contributed by atoms with Crippen molar-refractivity contribution in [2.75, 3.05) is 0 Å². The molecule has 11 heteroatoms. The first-order valence-electron chi connectivity index (χ1n) is 8.38. The fourth-order valence-corrected chi connectivity index (χ4v) is 12.5. The van der Waals surface area contributed by atoms with Gasteiger partial charge in [0.05, 0.1) is 5.41 Å². The number of pyridine rings is 1. The Hall–Kier alpha value is 2.47. The van der Waals surface area contributed by atoms with Crippen molar-refractivity contribution in [1.29, 1.82) is 0 Å². The third-order valence-electron chi connectivity index (χ3n) is 5.22. The minimum absolute atomic E-state index is 0.146. The Bertz CT molecular complexity index is 1060. The fourth-order valence-electron chi connectivity index (χ4n) is 3.53. The standard InChI is InChI=1S/C18H12ClI6N3O/c19-11-5-3-10(4-6-11)15(7-8-15)14-27-26-13-12(2-1-9-28(13)14)16(29,17(20,21)22)18(23,24)25/h1-6,9,29H,7-8H2. The zero-order valence-electron chi connectivity index (χ0n) is 14.4. The Balaban J connectivity index is 1.92. The molecule has 0 atom stereocenters. The molecular weight excluding hydrogens is 1070 g/mol. The van der Waals surface area contributed by atoms with E-state index in [2.05, 4.69) is 158 Å². The lowest BCUT2D eigenvalue weighted by Gasteiger charge is -2.42. The summed E-state index contributed by atoms with van der Waals surface area (Å²) in [6.07, 6.45) is 4.04. The Labute approximate surface area is 255 Å². The van der Waals surface area contributed by atoms with Crippen LogP contribution in [0.1, 0.15) is 29.8 Å². The van der Waals surface area contributed by atoms with E-state index in [1.165, 1.54) is 5.56 Å². The molecule has 154 valence electrons. The van der Waals surface area contributed by atoms with Crippen molar-refractivity contribution in [2.24, 2.45) is 0 Å². The summed E-state index contributed by atoms with van der Waals surface area (Å²) < 4.78 is 1.06. The molecule has 0 bridgehead atoms. The lowest BCUT2D eigenvalue weighted by molar-refractivity contribution is 0.0808. The molecule has 29 heavy (non-hydrogen) atoms. The van der Waals surface area contributed by atoms with E-state index < -0.39 is 4.47 Å². The summed E-state index contributed by atoms with van der Waals surface area (Å²) in [6.45, 7) is 0. The summed E-state index contributed by atoms with van der Waals surface area (Å²) in [5.41, 5.74) is 1.38. The predicted octanol–water partition coefficient (Wildman–Crippen LogP) is 7.57. The molecule has 4 nitrogen and oxygen atoms in total. The molecule has 2 heterocycles. The van der Waals surface area contributed by atoms with Crippen molar-refractivity contribution in [2.45, 2.75) is 22.7 Å². The summed E-state index contributed by atoms with van der Waals surface area (Å²) in [6, 6.07) is 11.9. The van der Waals surface area contributed by atoms with Gasteiger partial charge in [0.25, 0.3) is 0 Å². The molecule has 1 aliphatic rings. The maximum atomic E-state index is 12.0. The first kappa shape index (κ1) is 24.6. The minimum atomic E-state index is -1.16. The number of hydrogen-bond donors (Lipinski definition) is 1. The van der Waals surface area contributed by atoms with Gasteiger partial charge in [0.15, 0.2) is 10.1 Å². The van der Waals surface area contributed by atoms with Gasteiger partial charge in [-0.3, -0.25) is 4.40 Å². The second-order valence-electron chi connectivity index (χ2n) is 6.93. The fraction of sp³-hybridized carbons (Fsp3) is 0.333. The average molecular weight is 1080 g/mol. The van der Waals surface area contributed by atoms with Crippen LogP contribution in [0, 0.1) is 0 Å². The van der Waals surface area contributed by atoms with E-state index in [-0.39, 0.29) is 5.41 Å². The quantitative estimate of drug-likeness (QED) is 0.212. The highest BCUT2D eigenvalue weighted by Gasteiger charge is 2.60. The van der Waals surface area contributed by atoms with Crippen molar-refractivity contribution in [3.8, 4) is 0 Å². The number of aliphatic hydroxyl groups is 1. The molecule has 1 saturated carbocycles. The van der Waals surface area contributed by atoms with E-state index in [0.29, 0.717) is 5.65 Å². The molecule has 1 aliphatic carbocycles. The normalized spacial score (nSPS) is 17.0. The van der Waals surface area contributed by atoms with Crippen molar-refractivity contribution >= 4 is 153 Å². The monoisotopic (exact) mass is 1080 g/mol. The van der Waals surface area contributed by atoms with Gasteiger partial charge in [0.1, 0.15) is 5.82 Å². The van der Waals surface area contributed by atoms with Gasteiger partial charge >= 0.3 is 0 Å². The lowest BCUT2D eigenvalue weighted by Crippen LogP contribution is -2.49. The molecule has 1 N–H and O–H groups in total. The zero-order chi connectivity index (χ0) is 21.2. The summed E-state index contributed by atoms with van der Waals surface area (Å²) in [4.78, 5) is 0. The molecule has 0 amide bonds. The van der Waals surface area contributed by atoms with Crippen LogP contribution in [0.5, 0.6) is 0 Å². The van der Waals surface area contributed by atoms with Crippen LogP contribution < -0.4 is 0 Å². The van der Waals surface area contributed by atoms with Crippen molar-refractivity contribution in [3.63, 3.8) is 0 Å². The molecular formula is C18H12ClI6N3O. The number of fused-ring (bicyclic) bond motifs is 1. The van der Waals surface area contributed by atoms with Gasteiger partial charge in [-0.25, -0.2) is 0 Å². The number of aromatic nitrogens is 3. The number of nitrogens with zero attached hydrogens (tertiary/aromatic N) is 3. The number of rotatable bonds is 5. The van der Waals surface area contributed by atoms with Gasteiger partial charge in [0.2, 0.25) is 0 Å². The van der Waals surface area contributed by atoms with Crippen molar-refractivity contribution < 1.29 is 5.11 Å². The third kappa shape index (κ3) is 4.22. The Morgan fingerprint density at radius 2 is 1.52 bits per heavy atom. The van der Waals surface area contributed by atoms with Gasteiger partial charge in [-0.1, -0.05) is 165 Å². The van der Waals surface area contributed by atoms with Gasteiger partial charge in [-0.15, -0.1) is 10.2 Å². The van der Waals surface area contributed by atoms with Crippen LogP contribution in [-0.2, 0) is 11.0 Å². The van der Waals surface area contributed by atoms with Crippen LogP contribution in [0.15, 0.2) is 42.6 Å². The lowest BCUT2D eigenvalue weighted by atomic mass is 9.95. The maximum absolute atomic E-state index is 12.0. The molecule has 0 aliphatic heterocycles. The Morgan fingerprint density at radius 3 is 2.03 bits per heavy atom. The van der Waals surface area contributed by atoms with Gasteiger partial charge in [-0.2, -0.15) is 0 Å². The molecule has 0 radical (unpaired) electrons. The summed E-state index contributed by atoms with van der Waals surface area (Å²) >= 11 is 19.9. The highest BCUT2D eigenvalue weighted by Crippen LogP contribution is 2.64.